The number of aromatic nitrogens is 2. The third kappa shape index (κ3) is 2.58. The average Bonchev–Trinajstić information content (AvgIpc) is 2.88. The topological polar surface area (TPSA) is 64.9 Å². The standard InChI is InChI=1S/C15H18ClN3O/c1-10-4-3-7-15(17,9-10)14-18-13(20-19-14)11-5-2-6-12(16)8-11/h2,5-6,8,10H,3-4,7,9,17H2,1H3. The summed E-state index contributed by atoms with van der Waals surface area (Å²) >= 11 is 5.98. The maximum absolute atomic E-state index is 6.48. The van der Waals surface area contributed by atoms with Crippen LogP contribution in [0.15, 0.2) is 28.8 Å². The molecule has 5 heteroatoms. The van der Waals surface area contributed by atoms with Crippen molar-refractivity contribution in [3.05, 3.63) is 35.1 Å². The molecule has 0 aliphatic heterocycles. The summed E-state index contributed by atoms with van der Waals surface area (Å²) in [7, 11) is 0. The zero-order valence-corrected chi connectivity index (χ0v) is 12.2. The molecule has 0 bridgehead atoms. The van der Waals surface area contributed by atoms with Gasteiger partial charge in [0.1, 0.15) is 0 Å². The van der Waals surface area contributed by atoms with Gasteiger partial charge in [0.15, 0.2) is 5.82 Å². The summed E-state index contributed by atoms with van der Waals surface area (Å²) in [5.74, 6) is 1.69. The van der Waals surface area contributed by atoms with Crippen LogP contribution in [0.4, 0.5) is 0 Å². The monoisotopic (exact) mass is 291 g/mol. The van der Waals surface area contributed by atoms with Crippen molar-refractivity contribution in [2.75, 3.05) is 0 Å². The highest BCUT2D eigenvalue weighted by Gasteiger charge is 2.37. The Bertz CT molecular complexity index is 613. The third-order valence-corrected chi connectivity index (χ3v) is 4.21. The number of rotatable bonds is 2. The lowest BCUT2D eigenvalue weighted by Gasteiger charge is -2.33. The molecule has 1 aliphatic rings. The molecular formula is C15H18ClN3O. The minimum absolute atomic E-state index is 0.460. The van der Waals surface area contributed by atoms with Crippen LogP contribution >= 0.6 is 11.6 Å². The fraction of sp³-hybridized carbons (Fsp3) is 0.467. The molecule has 2 unspecified atom stereocenters. The first-order valence-electron chi connectivity index (χ1n) is 6.96. The first-order valence-corrected chi connectivity index (χ1v) is 7.34. The molecule has 0 amide bonds. The van der Waals surface area contributed by atoms with Crippen LogP contribution < -0.4 is 5.73 Å². The number of benzene rings is 1. The molecule has 1 fully saturated rings. The van der Waals surface area contributed by atoms with Gasteiger partial charge in [-0.1, -0.05) is 42.6 Å². The van der Waals surface area contributed by atoms with E-state index in [-0.39, 0.29) is 0 Å². The lowest BCUT2D eigenvalue weighted by molar-refractivity contribution is 0.222. The van der Waals surface area contributed by atoms with Crippen molar-refractivity contribution < 1.29 is 4.52 Å². The van der Waals surface area contributed by atoms with E-state index in [0.29, 0.717) is 22.7 Å². The predicted molar refractivity (Wildman–Crippen MR) is 78.2 cm³/mol. The van der Waals surface area contributed by atoms with E-state index in [1.165, 1.54) is 6.42 Å². The van der Waals surface area contributed by atoms with E-state index in [1.807, 2.05) is 24.3 Å². The Morgan fingerprint density at radius 1 is 1.45 bits per heavy atom. The van der Waals surface area contributed by atoms with Crippen molar-refractivity contribution in [3.8, 4) is 11.5 Å². The van der Waals surface area contributed by atoms with Gasteiger partial charge >= 0.3 is 0 Å². The molecule has 1 aliphatic carbocycles. The Balaban J connectivity index is 1.90. The van der Waals surface area contributed by atoms with Crippen molar-refractivity contribution in [2.24, 2.45) is 11.7 Å². The first kappa shape index (κ1) is 13.6. The highest BCUT2D eigenvalue weighted by Crippen LogP contribution is 2.37. The summed E-state index contributed by atoms with van der Waals surface area (Å²) in [6.07, 6.45) is 4.14. The second-order valence-corrected chi connectivity index (χ2v) is 6.23. The second kappa shape index (κ2) is 5.19. The zero-order chi connectivity index (χ0) is 14.2. The molecular weight excluding hydrogens is 274 g/mol. The van der Waals surface area contributed by atoms with Crippen LogP contribution in [-0.2, 0) is 5.54 Å². The van der Waals surface area contributed by atoms with Crippen LogP contribution in [0.1, 0.15) is 38.4 Å². The summed E-state index contributed by atoms with van der Waals surface area (Å²) in [4.78, 5) is 4.49. The minimum atomic E-state index is -0.460. The maximum atomic E-state index is 6.48. The summed E-state index contributed by atoms with van der Waals surface area (Å²) in [6.45, 7) is 2.22. The SMILES string of the molecule is CC1CCCC(N)(c2noc(-c3cccc(Cl)c3)n2)C1. The number of nitrogens with two attached hydrogens (primary N) is 1. The van der Waals surface area contributed by atoms with Gasteiger partial charge in [0.25, 0.3) is 5.89 Å². The summed E-state index contributed by atoms with van der Waals surface area (Å²) in [6, 6.07) is 7.39. The van der Waals surface area contributed by atoms with Crippen LogP contribution in [0.3, 0.4) is 0 Å². The molecule has 0 saturated heterocycles. The molecule has 0 radical (unpaired) electrons. The van der Waals surface area contributed by atoms with Gasteiger partial charge in [0, 0.05) is 10.6 Å². The van der Waals surface area contributed by atoms with Gasteiger partial charge in [-0.3, -0.25) is 0 Å². The molecule has 106 valence electrons. The number of hydrogen-bond donors (Lipinski definition) is 1. The molecule has 1 aromatic heterocycles. The summed E-state index contributed by atoms with van der Waals surface area (Å²) in [5, 5.41) is 4.75. The number of halogens is 1. The molecule has 2 atom stereocenters. The van der Waals surface area contributed by atoms with E-state index in [2.05, 4.69) is 17.1 Å². The molecule has 20 heavy (non-hydrogen) atoms. The fourth-order valence-electron chi connectivity index (χ4n) is 2.96. The minimum Gasteiger partial charge on any atom is -0.334 e. The van der Waals surface area contributed by atoms with E-state index in [9.17, 15) is 0 Å². The Labute approximate surface area is 123 Å². The zero-order valence-electron chi connectivity index (χ0n) is 11.5. The molecule has 1 heterocycles. The molecule has 3 rings (SSSR count). The smallest absolute Gasteiger partial charge is 0.258 e. The lowest BCUT2D eigenvalue weighted by atomic mass is 9.76. The van der Waals surface area contributed by atoms with Crippen molar-refractivity contribution in [1.29, 1.82) is 0 Å². The normalized spacial score (nSPS) is 26.6. The van der Waals surface area contributed by atoms with Crippen LogP contribution in [0.2, 0.25) is 5.02 Å². The fourth-order valence-corrected chi connectivity index (χ4v) is 3.15. The lowest BCUT2D eigenvalue weighted by Crippen LogP contribution is -2.42. The summed E-state index contributed by atoms with van der Waals surface area (Å²) < 4.78 is 5.36. The van der Waals surface area contributed by atoms with Gasteiger partial charge in [0.05, 0.1) is 5.54 Å². The van der Waals surface area contributed by atoms with Gasteiger partial charge in [-0.25, -0.2) is 0 Å². The van der Waals surface area contributed by atoms with Crippen LogP contribution in [0.25, 0.3) is 11.5 Å². The van der Waals surface area contributed by atoms with E-state index in [4.69, 9.17) is 21.9 Å². The molecule has 0 spiro atoms. The summed E-state index contributed by atoms with van der Waals surface area (Å²) in [5.41, 5.74) is 6.84. The van der Waals surface area contributed by atoms with Crippen LogP contribution in [-0.4, -0.2) is 10.1 Å². The molecule has 1 aromatic carbocycles. The quantitative estimate of drug-likeness (QED) is 0.915. The number of nitrogens with zero attached hydrogens (tertiary/aromatic N) is 2. The molecule has 4 nitrogen and oxygen atoms in total. The van der Waals surface area contributed by atoms with Crippen molar-refractivity contribution in [1.82, 2.24) is 10.1 Å². The van der Waals surface area contributed by atoms with Crippen molar-refractivity contribution >= 4 is 11.6 Å². The Morgan fingerprint density at radius 2 is 2.30 bits per heavy atom. The highest BCUT2D eigenvalue weighted by molar-refractivity contribution is 6.30. The van der Waals surface area contributed by atoms with Gasteiger partial charge in [0.2, 0.25) is 0 Å². The van der Waals surface area contributed by atoms with E-state index >= 15 is 0 Å². The highest BCUT2D eigenvalue weighted by atomic mass is 35.5. The Morgan fingerprint density at radius 3 is 3.05 bits per heavy atom. The molecule has 2 N–H and O–H groups in total. The van der Waals surface area contributed by atoms with Gasteiger partial charge < -0.3 is 10.3 Å². The largest absolute Gasteiger partial charge is 0.334 e. The van der Waals surface area contributed by atoms with Gasteiger partial charge in [-0.05, 0) is 37.0 Å². The predicted octanol–water partition coefficient (Wildman–Crippen LogP) is 3.75. The van der Waals surface area contributed by atoms with Crippen molar-refractivity contribution in [2.45, 2.75) is 38.1 Å². The van der Waals surface area contributed by atoms with Crippen LogP contribution in [0.5, 0.6) is 0 Å². The molecule has 1 saturated carbocycles. The Hall–Kier alpha value is -1.39. The van der Waals surface area contributed by atoms with E-state index < -0.39 is 5.54 Å². The van der Waals surface area contributed by atoms with Crippen molar-refractivity contribution in [3.63, 3.8) is 0 Å². The van der Waals surface area contributed by atoms with E-state index in [1.54, 1.807) is 0 Å². The third-order valence-electron chi connectivity index (χ3n) is 3.98. The van der Waals surface area contributed by atoms with Gasteiger partial charge in [-0.2, -0.15) is 4.98 Å². The second-order valence-electron chi connectivity index (χ2n) is 5.79. The average molecular weight is 292 g/mol. The maximum Gasteiger partial charge on any atom is 0.258 e. The van der Waals surface area contributed by atoms with Gasteiger partial charge in [-0.15, -0.1) is 0 Å². The van der Waals surface area contributed by atoms with E-state index in [0.717, 1.165) is 24.8 Å². The number of hydrogen-bond acceptors (Lipinski definition) is 4. The Kier molecular flexibility index (Phi) is 3.52. The first-order chi connectivity index (χ1) is 9.57. The molecule has 2 aromatic rings. The van der Waals surface area contributed by atoms with Crippen LogP contribution in [0, 0.1) is 5.92 Å².